The number of hydrogen-bond acceptors (Lipinski definition) is 5. The second-order valence-corrected chi connectivity index (χ2v) is 5.83. The number of nitrogens with zero attached hydrogens (tertiary/aromatic N) is 3. The molecule has 1 saturated heterocycles. The number of carbonyl (C=O) groups is 2. The van der Waals surface area contributed by atoms with Crippen LogP contribution in [-0.2, 0) is 9.59 Å². The Morgan fingerprint density at radius 2 is 2.08 bits per heavy atom. The molecule has 1 aromatic carbocycles. The molecule has 7 nitrogen and oxygen atoms in total. The van der Waals surface area contributed by atoms with Crippen LogP contribution in [0.5, 0.6) is 0 Å². The van der Waals surface area contributed by atoms with Gasteiger partial charge in [-0.15, -0.1) is 0 Å². The molecule has 0 aliphatic carbocycles. The molecule has 1 fully saturated rings. The Balaban J connectivity index is 1.82. The summed E-state index contributed by atoms with van der Waals surface area (Å²) in [4.78, 5) is 28.3. The molecule has 1 aliphatic heterocycles. The second kappa shape index (κ2) is 6.58. The van der Waals surface area contributed by atoms with Gasteiger partial charge in [0.1, 0.15) is 6.04 Å². The molecule has 2 heterocycles. The zero-order chi connectivity index (χ0) is 18.0. The van der Waals surface area contributed by atoms with Crippen molar-refractivity contribution >= 4 is 11.8 Å². The number of hydrogen-bond donors (Lipinski definition) is 1. The van der Waals surface area contributed by atoms with Crippen LogP contribution in [0.15, 0.2) is 34.9 Å². The number of carbonyl (C=O) groups excluding carboxylic acids is 2. The lowest BCUT2D eigenvalue weighted by Gasteiger charge is -2.21. The van der Waals surface area contributed by atoms with Crippen LogP contribution in [0.25, 0.3) is 11.4 Å². The summed E-state index contributed by atoms with van der Waals surface area (Å²) in [6, 6.07) is 7.90. The lowest BCUT2D eigenvalue weighted by molar-refractivity contribution is -0.134. The first-order chi connectivity index (χ1) is 11.9. The first-order valence-corrected chi connectivity index (χ1v) is 7.66. The van der Waals surface area contributed by atoms with Crippen LogP contribution in [0.1, 0.15) is 25.3 Å². The molecular weight excluding hydrogens is 334 g/mol. The van der Waals surface area contributed by atoms with E-state index in [-0.39, 0.29) is 18.3 Å². The van der Waals surface area contributed by atoms with E-state index in [4.69, 9.17) is 4.52 Å². The highest BCUT2D eigenvalue weighted by atomic mass is 19.3. The van der Waals surface area contributed by atoms with E-state index in [2.05, 4.69) is 15.5 Å². The summed E-state index contributed by atoms with van der Waals surface area (Å²) < 4.78 is 32.8. The molecule has 1 atom stereocenters. The summed E-state index contributed by atoms with van der Waals surface area (Å²) in [5.41, 5.74) is 0.679. The molecule has 25 heavy (non-hydrogen) atoms. The Kier molecular flexibility index (Phi) is 4.47. The van der Waals surface area contributed by atoms with Gasteiger partial charge in [-0.2, -0.15) is 4.98 Å². The highest BCUT2D eigenvalue weighted by Gasteiger charge is 2.49. The third-order valence-electron chi connectivity index (χ3n) is 3.84. The number of nitrogens with one attached hydrogen (secondary N) is 1. The first-order valence-electron chi connectivity index (χ1n) is 7.66. The Morgan fingerprint density at radius 3 is 2.76 bits per heavy atom. The summed E-state index contributed by atoms with van der Waals surface area (Å²) in [6.45, 7) is 0.133. The molecule has 0 bridgehead atoms. The molecule has 2 aromatic rings. The molecule has 1 aromatic heterocycles. The molecule has 0 saturated carbocycles. The van der Waals surface area contributed by atoms with Gasteiger partial charge in [0.15, 0.2) is 0 Å². The number of benzene rings is 1. The number of rotatable bonds is 4. The van der Waals surface area contributed by atoms with Crippen molar-refractivity contribution < 1.29 is 22.9 Å². The van der Waals surface area contributed by atoms with Crippen molar-refractivity contribution in [3.63, 3.8) is 0 Å². The molecule has 0 radical (unpaired) electrons. The van der Waals surface area contributed by atoms with Crippen LogP contribution in [0.3, 0.4) is 0 Å². The van der Waals surface area contributed by atoms with Crippen LogP contribution in [0.4, 0.5) is 8.78 Å². The van der Waals surface area contributed by atoms with Crippen molar-refractivity contribution in [3.05, 3.63) is 36.2 Å². The summed E-state index contributed by atoms with van der Waals surface area (Å²) in [5.74, 6) is -3.89. The maximum atomic E-state index is 13.8. The monoisotopic (exact) mass is 350 g/mol. The summed E-state index contributed by atoms with van der Waals surface area (Å²) in [5, 5.41) is 6.12. The molecule has 3 rings (SSSR count). The summed E-state index contributed by atoms with van der Waals surface area (Å²) >= 11 is 0. The van der Waals surface area contributed by atoms with Crippen LogP contribution in [0.2, 0.25) is 0 Å². The Hall–Kier alpha value is -2.84. The normalized spacial score (nSPS) is 19.0. The van der Waals surface area contributed by atoms with Gasteiger partial charge >= 0.3 is 0 Å². The average molecular weight is 350 g/mol. The van der Waals surface area contributed by atoms with Crippen molar-refractivity contribution in [2.24, 2.45) is 0 Å². The number of amides is 2. The smallest absolute Gasteiger partial charge is 0.267 e. The maximum absolute atomic E-state index is 13.8. The SMILES string of the molecule is CC(=O)NCC(=O)N1CC(F)(F)C[C@H]1c1nc(-c2ccccc2)no1. The van der Waals surface area contributed by atoms with Gasteiger partial charge in [-0.05, 0) is 0 Å². The topological polar surface area (TPSA) is 88.3 Å². The molecule has 0 unspecified atom stereocenters. The van der Waals surface area contributed by atoms with E-state index in [1.165, 1.54) is 6.92 Å². The van der Waals surface area contributed by atoms with Crippen LogP contribution < -0.4 is 5.32 Å². The number of aromatic nitrogens is 2. The maximum Gasteiger partial charge on any atom is 0.267 e. The fraction of sp³-hybridized carbons (Fsp3) is 0.375. The van der Waals surface area contributed by atoms with Crippen LogP contribution in [-0.4, -0.2) is 45.9 Å². The molecule has 1 aliphatic rings. The summed E-state index contributed by atoms with van der Waals surface area (Å²) in [6.07, 6.45) is -0.602. The first kappa shape index (κ1) is 17.0. The van der Waals surface area contributed by atoms with Gasteiger partial charge in [0, 0.05) is 18.9 Å². The second-order valence-electron chi connectivity index (χ2n) is 5.83. The van der Waals surface area contributed by atoms with E-state index >= 15 is 0 Å². The molecule has 1 N–H and O–H groups in total. The van der Waals surface area contributed by atoms with Gasteiger partial charge in [-0.25, -0.2) is 8.78 Å². The average Bonchev–Trinajstić information content (AvgIpc) is 3.17. The van der Waals surface area contributed by atoms with Gasteiger partial charge in [-0.1, -0.05) is 35.5 Å². The van der Waals surface area contributed by atoms with Crippen molar-refractivity contribution in [3.8, 4) is 11.4 Å². The third-order valence-corrected chi connectivity index (χ3v) is 3.84. The zero-order valence-corrected chi connectivity index (χ0v) is 13.4. The molecule has 2 amide bonds. The van der Waals surface area contributed by atoms with E-state index < -0.39 is 36.7 Å². The Bertz CT molecular complexity index is 779. The standard InChI is InChI=1S/C16H16F2N4O3/c1-10(23)19-8-13(24)22-9-16(17,18)7-12(22)15-20-14(21-25-15)11-5-3-2-4-6-11/h2-6,12H,7-9H2,1H3,(H,19,23)/t12-/m0/s1. The fourth-order valence-electron chi connectivity index (χ4n) is 2.68. The van der Waals surface area contributed by atoms with Crippen LogP contribution in [0, 0.1) is 0 Å². The molecule has 132 valence electrons. The van der Waals surface area contributed by atoms with E-state index in [0.717, 1.165) is 4.90 Å². The predicted molar refractivity (Wildman–Crippen MR) is 82.4 cm³/mol. The van der Waals surface area contributed by atoms with Gasteiger partial charge in [-0.3, -0.25) is 9.59 Å². The number of halogens is 2. The zero-order valence-electron chi connectivity index (χ0n) is 13.4. The highest BCUT2D eigenvalue weighted by Crippen LogP contribution is 2.40. The van der Waals surface area contributed by atoms with Gasteiger partial charge in [0.25, 0.3) is 5.92 Å². The predicted octanol–water partition coefficient (Wildman–Crippen LogP) is 1.78. The molecule has 0 spiro atoms. The van der Waals surface area contributed by atoms with Gasteiger partial charge < -0.3 is 14.7 Å². The quantitative estimate of drug-likeness (QED) is 0.908. The van der Waals surface area contributed by atoms with Crippen LogP contribution >= 0.6 is 0 Å². The number of alkyl halides is 2. The Morgan fingerprint density at radius 1 is 1.36 bits per heavy atom. The minimum Gasteiger partial charge on any atom is -0.347 e. The van der Waals surface area contributed by atoms with Crippen molar-refractivity contribution in [1.82, 2.24) is 20.4 Å². The van der Waals surface area contributed by atoms with Crippen molar-refractivity contribution in [2.75, 3.05) is 13.1 Å². The van der Waals surface area contributed by atoms with E-state index in [0.29, 0.717) is 5.56 Å². The van der Waals surface area contributed by atoms with E-state index in [1.807, 2.05) is 6.07 Å². The van der Waals surface area contributed by atoms with E-state index in [1.54, 1.807) is 24.3 Å². The lowest BCUT2D eigenvalue weighted by atomic mass is 10.2. The van der Waals surface area contributed by atoms with E-state index in [9.17, 15) is 18.4 Å². The molecule has 9 heteroatoms. The van der Waals surface area contributed by atoms with Crippen molar-refractivity contribution in [1.29, 1.82) is 0 Å². The van der Waals surface area contributed by atoms with Gasteiger partial charge in [0.05, 0.1) is 13.1 Å². The third kappa shape index (κ3) is 3.81. The number of likely N-dealkylation sites (tertiary alicyclic amines) is 1. The summed E-state index contributed by atoms with van der Waals surface area (Å²) in [7, 11) is 0. The fourth-order valence-corrected chi connectivity index (χ4v) is 2.68. The largest absolute Gasteiger partial charge is 0.347 e. The Labute approximate surface area is 142 Å². The minimum atomic E-state index is -3.06. The molecular formula is C16H16F2N4O3. The van der Waals surface area contributed by atoms with Gasteiger partial charge in [0.2, 0.25) is 23.5 Å². The minimum absolute atomic E-state index is 0.0489. The van der Waals surface area contributed by atoms with Crippen molar-refractivity contribution in [2.45, 2.75) is 25.3 Å². The lowest BCUT2D eigenvalue weighted by Crippen LogP contribution is -2.40. The highest BCUT2D eigenvalue weighted by molar-refractivity contribution is 5.84.